The molecule has 1 saturated heterocycles. The van der Waals surface area contributed by atoms with Gasteiger partial charge in [0, 0.05) is 44.0 Å². The number of nitrogens with one attached hydrogen (secondary N) is 2. The number of likely N-dealkylation sites (N-methyl/N-ethyl adjacent to an activating group) is 1. The van der Waals surface area contributed by atoms with Crippen molar-refractivity contribution in [1.29, 1.82) is 0 Å². The fourth-order valence-electron chi connectivity index (χ4n) is 3.56. The molecule has 0 aliphatic carbocycles. The highest BCUT2D eigenvalue weighted by Gasteiger charge is 2.35. The van der Waals surface area contributed by atoms with Crippen LogP contribution in [0.3, 0.4) is 0 Å². The number of urea groups is 1. The first-order chi connectivity index (χ1) is 13.5. The van der Waals surface area contributed by atoms with Crippen molar-refractivity contribution in [3.63, 3.8) is 0 Å². The minimum atomic E-state index is -0.633. The molecule has 0 unspecified atom stereocenters. The largest absolute Gasteiger partial charge is 0.494 e. The highest BCUT2D eigenvalue weighted by Crippen LogP contribution is 2.33. The van der Waals surface area contributed by atoms with Crippen LogP contribution in [0.1, 0.15) is 18.5 Å². The van der Waals surface area contributed by atoms with Gasteiger partial charge in [-0.1, -0.05) is 18.2 Å². The standard InChI is InChI=1S/C20H28N4O4/c1-4-28-16-8-6-5-7-14(16)18-17(19(25)27-3)15(21-20(26)22-18)13-24-11-9-23(2)10-12-24/h5-8,18H,4,9-13H2,1-3H3,(H2,21,22,26)/t18-/m0/s1. The quantitative estimate of drug-likeness (QED) is 0.711. The van der Waals surface area contributed by atoms with Crippen LogP contribution in [-0.4, -0.2) is 75.3 Å². The van der Waals surface area contributed by atoms with E-state index in [4.69, 9.17) is 9.47 Å². The summed E-state index contributed by atoms with van der Waals surface area (Å²) in [5, 5.41) is 5.68. The van der Waals surface area contributed by atoms with Crippen LogP contribution in [0.4, 0.5) is 4.79 Å². The number of carbonyl (C=O) groups excluding carboxylic acids is 2. The summed E-state index contributed by atoms with van der Waals surface area (Å²) >= 11 is 0. The second-order valence-corrected chi connectivity index (χ2v) is 6.97. The number of carbonyl (C=O) groups is 2. The molecule has 1 aromatic rings. The Morgan fingerprint density at radius 3 is 2.61 bits per heavy atom. The van der Waals surface area contributed by atoms with Gasteiger partial charge in [-0.3, -0.25) is 4.90 Å². The van der Waals surface area contributed by atoms with E-state index in [2.05, 4.69) is 27.5 Å². The summed E-state index contributed by atoms with van der Waals surface area (Å²) in [6.07, 6.45) is 0. The van der Waals surface area contributed by atoms with Crippen LogP contribution in [0.25, 0.3) is 0 Å². The molecule has 8 heteroatoms. The SMILES string of the molecule is CCOc1ccccc1[C@@H]1NC(=O)NC(CN2CCN(C)CC2)=C1C(=O)OC. The van der Waals surface area contributed by atoms with Crippen LogP contribution < -0.4 is 15.4 Å². The molecule has 1 fully saturated rings. The smallest absolute Gasteiger partial charge is 0.338 e. The third-order valence-corrected chi connectivity index (χ3v) is 5.07. The lowest BCUT2D eigenvalue weighted by molar-refractivity contribution is -0.136. The maximum atomic E-state index is 12.7. The lowest BCUT2D eigenvalue weighted by Crippen LogP contribution is -2.51. The molecular weight excluding hydrogens is 360 g/mol. The average molecular weight is 388 g/mol. The van der Waals surface area contributed by atoms with Gasteiger partial charge in [0.25, 0.3) is 0 Å². The number of hydrogen-bond donors (Lipinski definition) is 2. The lowest BCUT2D eigenvalue weighted by atomic mass is 9.94. The van der Waals surface area contributed by atoms with Crippen LogP contribution in [-0.2, 0) is 9.53 Å². The molecule has 2 aliphatic rings. The Bertz CT molecular complexity index is 756. The van der Waals surface area contributed by atoms with E-state index >= 15 is 0 Å². The van der Waals surface area contributed by atoms with Crippen molar-refractivity contribution in [1.82, 2.24) is 20.4 Å². The minimum Gasteiger partial charge on any atom is -0.494 e. The van der Waals surface area contributed by atoms with E-state index in [9.17, 15) is 9.59 Å². The summed E-state index contributed by atoms with van der Waals surface area (Å²) in [6.45, 7) is 6.51. The number of benzene rings is 1. The molecule has 2 N–H and O–H groups in total. The molecule has 0 saturated carbocycles. The zero-order valence-electron chi connectivity index (χ0n) is 16.7. The molecule has 8 nitrogen and oxygen atoms in total. The van der Waals surface area contributed by atoms with E-state index in [0.717, 1.165) is 31.7 Å². The number of esters is 1. The number of methoxy groups -OCH3 is 1. The van der Waals surface area contributed by atoms with E-state index in [1.165, 1.54) is 7.11 Å². The second-order valence-electron chi connectivity index (χ2n) is 6.97. The third-order valence-electron chi connectivity index (χ3n) is 5.07. The minimum absolute atomic E-state index is 0.340. The molecule has 0 bridgehead atoms. The van der Waals surface area contributed by atoms with Crippen LogP contribution in [0.2, 0.25) is 0 Å². The van der Waals surface area contributed by atoms with Crippen LogP contribution in [0, 0.1) is 0 Å². The first-order valence-corrected chi connectivity index (χ1v) is 9.55. The summed E-state index contributed by atoms with van der Waals surface area (Å²) in [4.78, 5) is 29.6. The molecule has 152 valence electrons. The maximum absolute atomic E-state index is 12.7. The van der Waals surface area contributed by atoms with E-state index in [1.807, 2.05) is 31.2 Å². The normalized spacial score (nSPS) is 21.1. The van der Waals surface area contributed by atoms with Crippen molar-refractivity contribution in [3.8, 4) is 5.75 Å². The van der Waals surface area contributed by atoms with Gasteiger partial charge in [0.1, 0.15) is 5.75 Å². The number of ether oxygens (including phenoxy) is 2. The molecule has 1 atom stereocenters. The van der Waals surface area contributed by atoms with Gasteiger partial charge in [0.15, 0.2) is 0 Å². The van der Waals surface area contributed by atoms with Gasteiger partial charge >= 0.3 is 12.0 Å². The molecule has 0 spiro atoms. The molecule has 2 aliphatic heterocycles. The molecule has 0 radical (unpaired) electrons. The third kappa shape index (κ3) is 4.45. The number of para-hydroxylation sites is 1. The fraction of sp³-hybridized carbons (Fsp3) is 0.500. The van der Waals surface area contributed by atoms with E-state index in [-0.39, 0.29) is 6.03 Å². The first kappa shape index (κ1) is 20.2. The number of rotatable bonds is 6. The maximum Gasteiger partial charge on any atom is 0.338 e. The monoisotopic (exact) mass is 388 g/mol. The van der Waals surface area contributed by atoms with Gasteiger partial charge in [-0.15, -0.1) is 0 Å². The van der Waals surface area contributed by atoms with Crippen molar-refractivity contribution in [2.24, 2.45) is 0 Å². The molecule has 28 heavy (non-hydrogen) atoms. The summed E-state index contributed by atoms with van der Waals surface area (Å²) in [5.41, 5.74) is 1.72. The average Bonchev–Trinajstić information content (AvgIpc) is 2.69. The Morgan fingerprint density at radius 2 is 1.93 bits per heavy atom. The predicted molar refractivity (Wildman–Crippen MR) is 105 cm³/mol. The van der Waals surface area contributed by atoms with Crippen LogP contribution in [0.5, 0.6) is 5.75 Å². The van der Waals surface area contributed by atoms with Crippen LogP contribution in [0.15, 0.2) is 35.5 Å². The van der Waals surface area contributed by atoms with Gasteiger partial charge in [-0.2, -0.15) is 0 Å². The Hall–Kier alpha value is -2.58. The summed E-state index contributed by atoms with van der Waals surface area (Å²) in [7, 11) is 3.44. The zero-order chi connectivity index (χ0) is 20.1. The molecule has 2 amide bonds. The molecule has 3 rings (SSSR count). The molecular formula is C20H28N4O4. The molecule has 2 heterocycles. The van der Waals surface area contributed by atoms with Gasteiger partial charge in [-0.25, -0.2) is 9.59 Å². The Kier molecular flexibility index (Phi) is 6.53. The predicted octanol–water partition coefficient (Wildman–Crippen LogP) is 1.11. The Labute approximate surface area is 165 Å². The van der Waals surface area contributed by atoms with E-state index in [0.29, 0.717) is 30.2 Å². The number of piperazine rings is 1. The summed E-state index contributed by atoms with van der Waals surface area (Å²) < 4.78 is 10.8. The summed E-state index contributed by atoms with van der Waals surface area (Å²) in [5.74, 6) is 0.172. The van der Waals surface area contributed by atoms with Crippen molar-refractivity contribution < 1.29 is 19.1 Å². The topological polar surface area (TPSA) is 83.1 Å². The molecule has 0 aromatic heterocycles. The van der Waals surface area contributed by atoms with Gasteiger partial charge in [0.05, 0.1) is 25.3 Å². The highest BCUT2D eigenvalue weighted by molar-refractivity contribution is 5.95. The Balaban J connectivity index is 1.98. The first-order valence-electron chi connectivity index (χ1n) is 9.55. The number of hydrogen-bond acceptors (Lipinski definition) is 6. The fourth-order valence-corrected chi connectivity index (χ4v) is 3.56. The number of amides is 2. The number of nitrogens with zero attached hydrogens (tertiary/aromatic N) is 2. The summed E-state index contributed by atoms with van der Waals surface area (Å²) in [6, 6.07) is 6.45. The van der Waals surface area contributed by atoms with Crippen molar-refractivity contribution in [3.05, 3.63) is 41.1 Å². The van der Waals surface area contributed by atoms with Crippen LogP contribution >= 0.6 is 0 Å². The van der Waals surface area contributed by atoms with E-state index in [1.54, 1.807) is 0 Å². The van der Waals surface area contributed by atoms with Gasteiger partial charge in [0.2, 0.25) is 0 Å². The van der Waals surface area contributed by atoms with E-state index < -0.39 is 12.0 Å². The van der Waals surface area contributed by atoms with Crippen molar-refractivity contribution >= 4 is 12.0 Å². The Morgan fingerprint density at radius 1 is 1.21 bits per heavy atom. The highest BCUT2D eigenvalue weighted by atomic mass is 16.5. The zero-order valence-corrected chi connectivity index (χ0v) is 16.7. The van der Waals surface area contributed by atoms with Gasteiger partial charge in [-0.05, 0) is 20.0 Å². The van der Waals surface area contributed by atoms with Gasteiger partial charge < -0.3 is 25.0 Å². The second kappa shape index (κ2) is 9.07. The molecule has 1 aromatic carbocycles. The van der Waals surface area contributed by atoms with Crippen molar-refractivity contribution in [2.75, 3.05) is 53.5 Å². The van der Waals surface area contributed by atoms with Crippen molar-refractivity contribution in [2.45, 2.75) is 13.0 Å². The lowest BCUT2D eigenvalue weighted by Gasteiger charge is -2.35.